The summed E-state index contributed by atoms with van der Waals surface area (Å²) in [5.41, 5.74) is 2.01. The standard InChI is InChI=1S/C22H29NO4/c1-5-26-20-13-11-17(15-21(20)27-6-2)12-14-22(24)23-16(3)18-9-7-8-10-19(18)25-4/h7-11,13,15-16H,5-6,12,14H2,1-4H3,(H,23,24)/t16-/m1/s1. The van der Waals surface area contributed by atoms with Crippen molar-refractivity contribution in [1.29, 1.82) is 0 Å². The molecule has 0 unspecified atom stereocenters. The van der Waals surface area contributed by atoms with Gasteiger partial charge in [-0.3, -0.25) is 4.79 Å². The van der Waals surface area contributed by atoms with Gasteiger partial charge in [-0.1, -0.05) is 24.3 Å². The van der Waals surface area contributed by atoms with Crippen molar-refractivity contribution in [3.63, 3.8) is 0 Å². The third kappa shape index (κ3) is 5.91. The number of hydrogen-bond donors (Lipinski definition) is 1. The molecule has 5 heteroatoms. The molecule has 0 fully saturated rings. The number of nitrogens with one attached hydrogen (secondary N) is 1. The molecule has 0 bridgehead atoms. The largest absolute Gasteiger partial charge is 0.496 e. The maximum absolute atomic E-state index is 12.4. The lowest BCUT2D eigenvalue weighted by atomic mass is 10.1. The smallest absolute Gasteiger partial charge is 0.220 e. The van der Waals surface area contributed by atoms with Crippen LogP contribution >= 0.6 is 0 Å². The fraction of sp³-hybridized carbons (Fsp3) is 0.409. The van der Waals surface area contributed by atoms with Crippen molar-refractivity contribution in [2.24, 2.45) is 0 Å². The number of rotatable bonds is 10. The summed E-state index contributed by atoms with van der Waals surface area (Å²) in [6.07, 6.45) is 1.04. The summed E-state index contributed by atoms with van der Waals surface area (Å²) in [7, 11) is 1.63. The molecule has 0 heterocycles. The van der Waals surface area contributed by atoms with Crippen molar-refractivity contribution in [2.45, 2.75) is 39.7 Å². The second-order valence-electron chi connectivity index (χ2n) is 6.18. The molecule has 1 amide bonds. The van der Waals surface area contributed by atoms with E-state index in [2.05, 4.69) is 5.32 Å². The molecule has 1 atom stereocenters. The number of methoxy groups -OCH3 is 1. The van der Waals surface area contributed by atoms with Crippen LogP contribution in [0, 0.1) is 0 Å². The molecule has 1 N–H and O–H groups in total. The van der Waals surface area contributed by atoms with E-state index in [1.54, 1.807) is 7.11 Å². The Morgan fingerprint density at radius 1 is 1.00 bits per heavy atom. The Balaban J connectivity index is 1.95. The first-order valence-corrected chi connectivity index (χ1v) is 9.39. The number of carbonyl (C=O) groups is 1. The fourth-order valence-electron chi connectivity index (χ4n) is 2.92. The topological polar surface area (TPSA) is 56.8 Å². The average molecular weight is 371 g/mol. The summed E-state index contributed by atoms with van der Waals surface area (Å²) in [5, 5.41) is 3.04. The van der Waals surface area contributed by atoms with Gasteiger partial charge in [-0.15, -0.1) is 0 Å². The second-order valence-corrected chi connectivity index (χ2v) is 6.18. The van der Waals surface area contributed by atoms with Crippen LogP contribution in [0.2, 0.25) is 0 Å². The molecule has 2 rings (SSSR count). The predicted octanol–water partition coefficient (Wildman–Crippen LogP) is 4.30. The molecule has 0 aliphatic rings. The highest BCUT2D eigenvalue weighted by molar-refractivity contribution is 5.76. The second kappa shape index (κ2) is 10.5. The first kappa shape index (κ1) is 20.6. The first-order valence-electron chi connectivity index (χ1n) is 9.39. The Morgan fingerprint density at radius 3 is 2.41 bits per heavy atom. The molecule has 27 heavy (non-hydrogen) atoms. The number of aryl methyl sites for hydroxylation is 1. The molecule has 5 nitrogen and oxygen atoms in total. The number of ether oxygens (including phenoxy) is 3. The maximum atomic E-state index is 12.4. The van der Waals surface area contributed by atoms with Crippen LogP contribution in [0.15, 0.2) is 42.5 Å². The molecule has 0 radical (unpaired) electrons. The number of hydrogen-bond acceptors (Lipinski definition) is 4. The highest BCUT2D eigenvalue weighted by Gasteiger charge is 2.14. The summed E-state index contributed by atoms with van der Waals surface area (Å²) in [6.45, 7) is 6.99. The van der Waals surface area contributed by atoms with Gasteiger partial charge in [-0.05, 0) is 51.0 Å². The minimum atomic E-state index is -0.118. The van der Waals surface area contributed by atoms with Crippen LogP contribution < -0.4 is 19.5 Å². The average Bonchev–Trinajstić information content (AvgIpc) is 2.68. The van der Waals surface area contributed by atoms with Crippen molar-refractivity contribution in [1.82, 2.24) is 5.32 Å². The van der Waals surface area contributed by atoms with Crippen LogP contribution in [0.1, 0.15) is 44.4 Å². The summed E-state index contributed by atoms with van der Waals surface area (Å²) < 4.78 is 16.6. The van der Waals surface area contributed by atoms with Gasteiger partial charge in [0.2, 0.25) is 5.91 Å². The molecule has 0 aromatic heterocycles. The molecular formula is C22H29NO4. The minimum Gasteiger partial charge on any atom is -0.496 e. The van der Waals surface area contributed by atoms with Crippen LogP contribution in [0.25, 0.3) is 0 Å². The zero-order valence-electron chi connectivity index (χ0n) is 16.6. The number of carbonyl (C=O) groups excluding carboxylic acids is 1. The Kier molecular flexibility index (Phi) is 7.99. The fourth-order valence-corrected chi connectivity index (χ4v) is 2.92. The van der Waals surface area contributed by atoms with E-state index in [4.69, 9.17) is 14.2 Å². The van der Waals surface area contributed by atoms with Gasteiger partial charge in [0.1, 0.15) is 5.75 Å². The van der Waals surface area contributed by atoms with Crippen molar-refractivity contribution in [3.05, 3.63) is 53.6 Å². The van der Waals surface area contributed by atoms with Crippen LogP contribution in [-0.2, 0) is 11.2 Å². The van der Waals surface area contributed by atoms with E-state index in [0.29, 0.717) is 26.1 Å². The van der Waals surface area contributed by atoms with Gasteiger partial charge < -0.3 is 19.5 Å². The highest BCUT2D eigenvalue weighted by Crippen LogP contribution is 2.29. The maximum Gasteiger partial charge on any atom is 0.220 e. The van der Waals surface area contributed by atoms with E-state index >= 15 is 0 Å². The van der Waals surface area contributed by atoms with E-state index < -0.39 is 0 Å². The van der Waals surface area contributed by atoms with Crippen molar-refractivity contribution in [2.75, 3.05) is 20.3 Å². The van der Waals surface area contributed by atoms with Gasteiger partial charge in [-0.25, -0.2) is 0 Å². The number of benzene rings is 2. The summed E-state index contributed by atoms with van der Waals surface area (Å²) in [4.78, 5) is 12.4. The summed E-state index contributed by atoms with van der Waals surface area (Å²) in [6, 6.07) is 13.4. The van der Waals surface area contributed by atoms with Gasteiger partial charge in [0.25, 0.3) is 0 Å². The molecule has 2 aromatic carbocycles. The van der Waals surface area contributed by atoms with E-state index in [9.17, 15) is 4.79 Å². The Hall–Kier alpha value is -2.69. The van der Waals surface area contributed by atoms with Gasteiger partial charge >= 0.3 is 0 Å². The third-order valence-corrected chi connectivity index (χ3v) is 4.23. The lowest BCUT2D eigenvalue weighted by Gasteiger charge is -2.17. The molecule has 0 spiro atoms. The van der Waals surface area contributed by atoms with Gasteiger partial charge in [0.15, 0.2) is 11.5 Å². The van der Waals surface area contributed by atoms with E-state index in [0.717, 1.165) is 28.4 Å². The van der Waals surface area contributed by atoms with Crippen molar-refractivity contribution in [3.8, 4) is 17.2 Å². The third-order valence-electron chi connectivity index (χ3n) is 4.23. The monoisotopic (exact) mass is 371 g/mol. The Bertz CT molecular complexity index is 745. The summed E-state index contributed by atoms with van der Waals surface area (Å²) in [5.74, 6) is 2.23. The van der Waals surface area contributed by atoms with E-state index in [1.807, 2.05) is 63.2 Å². The van der Waals surface area contributed by atoms with Crippen LogP contribution in [0.4, 0.5) is 0 Å². The molecule has 0 aliphatic carbocycles. The first-order chi connectivity index (χ1) is 13.1. The minimum absolute atomic E-state index is 0.000232. The zero-order valence-corrected chi connectivity index (χ0v) is 16.6. The van der Waals surface area contributed by atoms with Crippen LogP contribution in [0.3, 0.4) is 0 Å². The lowest BCUT2D eigenvalue weighted by molar-refractivity contribution is -0.121. The van der Waals surface area contributed by atoms with Gasteiger partial charge in [0.05, 0.1) is 26.4 Å². The van der Waals surface area contributed by atoms with Gasteiger partial charge in [0, 0.05) is 12.0 Å². The van der Waals surface area contributed by atoms with Crippen LogP contribution in [0.5, 0.6) is 17.2 Å². The molecule has 146 valence electrons. The molecule has 0 aliphatic heterocycles. The zero-order chi connectivity index (χ0) is 19.6. The molecular weight excluding hydrogens is 342 g/mol. The lowest BCUT2D eigenvalue weighted by Crippen LogP contribution is -2.27. The van der Waals surface area contributed by atoms with Crippen molar-refractivity contribution >= 4 is 5.91 Å². The molecule has 0 saturated heterocycles. The van der Waals surface area contributed by atoms with E-state index in [-0.39, 0.29) is 11.9 Å². The van der Waals surface area contributed by atoms with E-state index in [1.165, 1.54) is 0 Å². The Labute approximate surface area is 161 Å². The van der Waals surface area contributed by atoms with Gasteiger partial charge in [-0.2, -0.15) is 0 Å². The predicted molar refractivity (Wildman–Crippen MR) is 107 cm³/mol. The number of amides is 1. The summed E-state index contributed by atoms with van der Waals surface area (Å²) >= 11 is 0. The highest BCUT2D eigenvalue weighted by atomic mass is 16.5. The molecule has 0 saturated carbocycles. The molecule has 2 aromatic rings. The Morgan fingerprint density at radius 2 is 1.70 bits per heavy atom. The quantitative estimate of drug-likeness (QED) is 0.676. The van der Waals surface area contributed by atoms with Crippen LogP contribution in [-0.4, -0.2) is 26.2 Å². The SMILES string of the molecule is CCOc1ccc(CCC(=O)N[C@H](C)c2ccccc2OC)cc1OCC. The van der Waals surface area contributed by atoms with Crippen molar-refractivity contribution < 1.29 is 19.0 Å². The number of para-hydroxylation sites is 1. The normalized spacial score (nSPS) is 11.6.